The molecule has 0 saturated carbocycles. The number of aromatic nitrogens is 1. The topological polar surface area (TPSA) is 28.2 Å². The Morgan fingerprint density at radius 3 is 2.89 bits per heavy atom. The lowest BCUT2D eigenvalue weighted by atomic mass is 10.2. The second-order valence-electron chi connectivity index (χ2n) is 5.24. The summed E-state index contributed by atoms with van der Waals surface area (Å²) in [5.41, 5.74) is 1.19. The van der Waals surface area contributed by atoms with Gasteiger partial charge in [-0.05, 0) is 27.3 Å². The Bertz CT molecular complexity index is 419. The molecule has 0 spiro atoms. The molecule has 1 aliphatic heterocycles. The van der Waals surface area contributed by atoms with E-state index in [4.69, 9.17) is 4.98 Å². The van der Waals surface area contributed by atoms with Gasteiger partial charge in [0, 0.05) is 34.5 Å². The van der Waals surface area contributed by atoms with Crippen LogP contribution in [0.25, 0.3) is 0 Å². The van der Waals surface area contributed by atoms with Gasteiger partial charge in [0.15, 0.2) is 5.13 Å². The Kier molecular flexibility index (Phi) is 5.15. The maximum atomic E-state index is 4.82. The van der Waals surface area contributed by atoms with Crippen molar-refractivity contribution in [1.29, 1.82) is 0 Å². The van der Waals surface area contributed by atoms with Crippen LogP contribution in [0.1, 0.15) is 44.3 Å². The van der Waals surface area contributed by atoms with Crippen LogP contribution in [0.4, 0.5) is 5.13 Å². The number of hydrogen-bond donors (Lipinski definition) is 1. The van der Waals surface area contributed by atoms with Gasteiger partial charge in [-0.15, -0.1) is 11.3 Å². The van der Waals surface area contributed by atoms with Crippen molar-refractivity contribution >= 4 is 28.2 Å². The van der Waals surface area contributed by atoms with Gasteiger partial charge in [0.2, 0.25) is 0 Å². The lowest BCUT2D eigenvalue weighted by Gasteiger charge is -2.37. The van der Waals surface area contributed by atoms with Crippen LogP contribution in [0.3, 0.4) is 0 Å². The van der Waals surface area contributed by atoms with Crippen LogP contribution in [0.5, 0.6) is 0 Å². The highest BCUT2D eigenvalue weighted by atomic mass is 32.2. The van der Waals surface area contributed by atoms with Gasteiger partial charge in [-0.3, -0.25) is 0 Å². The number of anilines is 1. The summed E-state index contributed by atoms with van der Waals surface area (Å²) in [4.78, 5) is 8.69. The Labute approximate surface area is 125 Å². The molecule has 0 aliphatic carbocycles. The molecule has 3 unspecified atom stereocenters. The quantitative estimate of drug-likeness (QED) is 0.921. The molecule has 19 heavy (non-hydrogen) atoms. The minimum atomic E-state index is 0.406. The van der Waals surface area contributed by atoms with Crippen molar-refractivity contribution in [3.63, 3.8) is 0 Å². The summed E-state index contributed by atoms with van der Waals surface area (Å²) in [6, 6.07) is 0.981. The summed E-state index contributed by atoms with van der Waals surface area (Å²) in [6.45, 7) is 13.3. The molecule has 0 aromatic carbocycles. The Morgan fingerprint density at radius 1 is 1.47 bits per heavy atom. The van der Waals surface area contributed by atoms with E-state index in [-0.39, 0.29) is 0 Å². The second kappa shape index (κ2) is 6.46. The monoisotopic (exact) mass is 299 g/mol. The number of thiazole rings is 1. The van der Waals surface area contributed by atoms with E-state index in [2.05, 4.69) is 56.6 Å². The van der Waals surface area contributed by atoms with Crippen LogP contribution in [0, 0.1) is 6.92 Å². The first-order valence-corrected chi connectivity index (χ1v) is 9.00. The third-order valence-corrected chi connectivity index (χ3v) is 6.57. The van der Waals surface area contributed by atoms with Gasteiger partial charge in [-0.2, -0.15) is 11.8 Å². The molecule has 0 radical (unpaired) electrons. The Morgan fingerprint density at radius 2 is 2.21 bits per heavy atom. The zero-order valence-electron chi connectivity index (χ0n) is 12.6. The largest absolute Gasteiger partial charge is 0.343 e. The van der Waals surface area contributed by atoms with E-state index in [1.807, 2.05) is 11.3 Å². The smallest absolute Gasteiger partial charge is 0.186 e. The molecule has 3 atom stereocenters. The first-order chi connectivity index (χ1) is 9.04. The fourth-order valence-electron chi connectivity index (χ4n) is 2.52. The number of nitrogens with zero attached hydrogens (tertiary/aromatic N) is 2. The molecule has 2 heterocycles. The van der Waals surface area contributed by atoms with Gasteiger partial charge in [-0.25, -0.2) is 4.98 Å². The van der Waals surface area contributed by atoms with E-state index < -0.39 is 0 Å². The van der Waals surface area contributed by atoms with Crippen LogP contribution in [-0.4, -0.2) is 35.1 Å². The van der Waals surface area contributed by atoms with Gasteiger partial charge < -0.3 is 10.2 Å². The van der Waals surface area contributed by atoms with Crippen LogP contribution >= 0.6 is 23.1 Å². The number of hydrogen-bond acceptors (Lipinski definition) is 5. The molecule has 108 valence electrons. The maximum absolute atomic E-state index is 4.82. The predicted octanol–water partition coefficient (Wildman–Crippen LogP) is 3.45. The van der Waals surface area contributed by atoms with Gasteiger partial charge in [0.05, 0.1) is 5.69 Å². The molecule has 1 aromatic rings. The normalized spacial score (nSPS) is 25.6. The molecule has 1 N–H and O–H groups in total. The minimum absolute atomic E-state index is 0.406. The van der Waals surface area contributed by atoms with Crippen molar-refractivity contribution in [1.82, 2.24) is 10.3 Å². The highest BCUT2D eigenvalue weighted by molar-refractivity contribution is 8.00. The maximum Gasteiger partial charge on any atom is 0.186 e. The zero-order chi connectivity index (χ0) is 14.0. The molecule has 0 bridgehead atoms. The average molecular weight is 300 g/mol. The van der Waals surface area contributed by atoms with E-state index in [0.29, 0.717) is 17.3 Å². The third kappa shape index (κ3) is 3.26. The van der Waals surface area contributed by atoms with E-state index in [1.54, 1.807) is 0 Å². The van der Waals surface area contributed by atoms with Crippen LogP contribution in [0.15, 0.2) is 0 Å². The molecule has 2 rings (SSSR count). The summed E-state index contributed by atoms with van der Waals surface area (Å²) < 4.78 is 0. The van der Waals surface area contributed by atoms with Gasteiger partial charge in [0.25, 0.3) is 0 Å². The molecule has 3 nitrogen and oxygen atoms in total. The highest BCUT2D eigenvalue weighted by Gasteiger charge is 2.28. The van der Waals surface area contributed by atoms with Crippen LogP contribution in [0.2, 0.25) is 0 Å². The van der Waals surface area contributed by atoms with Gasteiger partial charge in [0.1, 0.15) is 0 Å². The van der Waals surface area contributed by atoms with Crippen molar-refractivity contribution < 1.29 is 0 Å². The second-order valence-corrected chi connectivity index (χ2v) is 7.73. The summed E-state index contributed by atoms with van der Waals surface area (Å²) in [6.07, 6.45) is 0. The van der Waals surface area contributed by atoms with Crippen molar-refractivity contribution in [2.45, 2.75) is 52.0 Å². The molecule has 0 amide bonds. The van der Waals surface area contributed by atoms with Crippen molar-refractivity contribution in [3.8, 4) is 0 Å². The first kappa shape index (κ1) is 15.1. The summed E-state index contributed by atoms with van der Waals surface area (Å²) >= 11 is 3.94. The van der Waals surface area contributed by atoms with Crippen molar-refractivity contribution in [2.24, 2.45) is 0 Å². The highest BCUT2D eigenvalue weighted by Crippen LogP contribution is 2.35. The van der Waals surface area contributed by atoms with E-state index in [1.165, 1.54) is 21.5 Å². The SMILES string of the molecule is CCNC(C)c1sc(N2CCSC(C)C2C)nc1C. The number of nitrogens with one attached hydrogen (secondary N) is 1. The fourth-order valence-corrected chi connectivity index (χ4v) is 4.83. The standard InChI is InChI=1S/C14H25N3S2/c1-6-15-9(2)13-10(3)16-14(19-13)17-7-8-18-12(5)11(17)4/h9,11-12,15H,6-8H2,1-5H3. The number of thioether (sulfide) groups is 1. The molecule has 1 aromatic heterocycles. The zero-order valence-corrected chi connectivity index (χ0v) is 14.2. The third-order valence-electron chi connectivity index (χ3n) is 3.85. The summed E-state index contributed by atoms with van der Waals surface area (Å²) in [5, 5.41) is 5.38. The predicted molar refractivity (Wildman–Crippen MR) is 87.7 cm³/mol. The van der Waals surface area contributed by atoms with E-state index in [9.17, 15) is 0 Å². The van der Waals surface area contributed by atoms with Crippen molar-refractivity contribution in [2.75, 3.05) is 23.7 Å². The lowest BCUT2D eigenvalue weighted by Crippen LogP contribution is -2.44. The number of aryl methyl sites for hydroxylation is 1. The first-order valence-electron chi connectivity index (χ1n) is 7.13. The molecule has 1 saturated heterocycles. The minimum Gasteiger partial charge on any atom is -0.343 e. The van der Waals surface area contributed by atoms with Crippen LogP contribution < -0.4 is 10.2 Å². The van der Waals surface area contributed by atoms with E-state index >= 15 is 0 Å². The lowest BCUT2D eigenvalue weighted by molar-refractivity contribution is 0.603. The van der Waals surface area contributed by atoms with Gasteiger partial charge in [-0.1, -0.05) is 13.8 Å². The van der Waals surface area contributed by atoms with E-state index in [0.717, 1.165) is 13.1 Å². The summed E-state index contributed by atoms with van der Waals surface area (Å²) in [7, 11) is 0. The number of rotatable bonds is 4. The molecular weight excluding hydrogens is 274 g/mol. The Balaban J connectivity index is 2.19. The Hall–Kier alpha value is -0.260. The summed E-state index contributed by atoms with van der Waals surface area (Å²) in [5.74, 6) is 1.21. The van der Waals surface area contributed by atoms with Crippen LogP contribution in [-0.2, 0) is 0 Å². The van der Waals surface area contributed by atoms with Crippen molar-refractivity contribution in [3.05, 3.63) is 10.6 Å². The molecule has 1 fully saturated rings. The average Bonchev–Trinajstić information content (AvgIpc) is 2.75. The molecular formula is C14H25N3S2. The fraction of sp³-hybridized carbons (Fsp3) is 0.786. The van der Waals surface area contributed by atoms with Gasteiger partial charge >= 0.3 is 0 Å². The molecule has 5 heteroatoms. The molecule has 1 aliphatic rings.